The predicted octanol–water partition coefficient (Wildman–Crippen LogP) is 2.65. The van der Waals surface area contributed by atoms with E-state index in [1.54, 1.807) is 12.1 Å². The van der Waals surface area contributed by atoms with Crippen LogP contribution in [0.3, 0.4) is 0 Å². The Hall–Kier alpha value is -1.24. The van der Waals surface area contributed by atoms with Crippen LogP contribution < -0.4 is 0 Å². The van der Waals surface area contributed by atoms with E-state index < -0.39 is 0 Å². The van der Waals surface area contributed by atoms with Crippen LogP contribution in [-0.2, 0) is 0 Å². The Morgan fingerprint density at radius 3 is 2.36 bits per heavy atom. The average Bonchev–Trinajstić information content (AvgIpc) is 1.97. The highest BCUT2D eigenvalue weighted by molar-refractivity contribution is 5.57. The zero-order chi connectivity index (χ0) is 8.43. The summed E-state index contributed by atoms with van der Waals surface area (Å²) in [5.74, 6) is 0.308. The minimum atomic E-state index is 0.308. The molecule has 0 spiro atoms. The third kappa shape index (κ3) is 1.43. The van der Waals surface area contributed by atoms with E-state index in [0.717, 1.165) is 11.1 Å². The van der Waals surface area contributed by atoms with Crippen molar-refractivity contribution in [2.45, 2.75) is 13.8 Å². The Balaban J connectivity index is 3.31. The van der Waals surface area contributed by atoms with E-state index in [1.165, 1.54) is 5.56 Å². The van der Waals surface area contributed by atoms with E-state index in [-0.39, 0.29) is 0 Å². The molecule has 11 heavy (non-hydrogen) atoms. The number of phenolic OH excluding ortho intramolecular Hbond substituents is 1. The molecule has 0 aliphatic rings. The molecule has 1 rings (SSSR count). The lowest BCUT2D eigenvalue weighted by Crippen LogP contribution is -1.82. The number of benzene rings is 1. The zero-order valence-corrected chi connectivity index (χ0v) is 6.89. The van der Waals surface area contributed by atoms with Crippen molar-refractivity contribution in [2.24, 2.45) is 0 Å². The van der Waals surface area contributed by atoms with Crippen molar-refractivity contribution in [1.29, 1.82) is 0 Å². The van der Waals surface area contributed by atoms with Gasteiger partial charge >= 0.3 is 0 Å². The fourth-order valence-corrected chi connectivity index (χ4v) is 0.987. The molecule has 0 amide bonds. The van der Waals surface area contributed by atoms with Gasteiger partial charge in [-0.15, -0.1) is 0 Å². The number of aromatic hydroxyl groups is 1. The lowest BCUT2D eigenvalue weighted by molar-refractivity contribution is 0.473. The molecule has 0 aliphatic carbocycles. The highest BCUT2D eigenvalue weighted by Crippen LogP contribution is 2.22. The van der Waals surface area contributed by atoms with Crippen LogP contribution >= 0.6 is 0 Å². The number of rotatable bonds is 1. The van der Waals surface area contributed by atoms with E-state index in [2.05, 4.69) is 6.58 Å². The van der Waals surface area contributed by atoms with Gasteiger partial charge in [0.2, 0.25) is 0 Å². The highest BCUT2D eigenvalue weighted by atomic mass is 16.3. The molecule has 0 radical (unpaired) electrons. The van der Waals surface area contributed by atoms with Crippen molar-refractivity contribution in [3.05, 3.63) is 35.4 Å². The molecule has 1 aromatic carbocycles. The maximum Gasteiger partial charge on any atom is 0.123 e. The van der Waals surface area contributed by atoms with Gasteiger partial charge in [-0.25, -0.2) is 0 Å². The van der Waals surface area contributed by atoms with Crippen molar-refractivity contribution in [1.82, 2.24) is 0 Å². The summed E-state index contributed by atoms with van der Waals surface area (Å²) < 4.78 is 0. The smallest absolute Gasteiger partial charge is 0.123 e. The van der Waals surface area contributed by atoms with Gasteiger partial charge in [0.05, 0.1) is 0 Å². The summed E-state index contributed by atoms with van der Waals surface area (Å²) in [6.07, 6.45) is 1.65. The quantitative estimate of drug-likeness (QED) is 0.649. The van der Waals surface area contributed by atoms with Crippen LogP contribution in [0.2, 0.25) is 0 Å². The van der Waals surface area contributed by atoms with Gasteiger partial charge in [0.25, 0.3) is 0 Å². The predicted molar refractivity (Wildman–Crippen MR) is 47.7 cm³/mol. The standard InChI is InChI=1S/C10H12O/c1-4-9-5-7(2)8(3)6-10(9)11/h4-6,11H,1H2,2-3H3. The van der Waals surface area contributed by atoms with E-state index >= 15 is 0 Å². The highest BCUT2D eigenvalue weighted by Gasteiger charge is 1.99. The molecule has 0 atom stereocenters. The molecule has 0 unspecified atom stereocenters. The zero-order valence-electron chi connectivity index (χ0n) is 6.89. The maximum absolute atomic E-state index is 9.34. The van der Waals surface area contributed by atoms with E-state index in [4.69, 9.17) is 0 Å². The summed E-state index contributed by atoms with van der Waals surface area (Å²) >= 11 is 0. The Kier molecular flexibility index (Phi) is 1.99. The van der Waals surface area contributed by atoms with E-state index in [0.29, 0.717) is 5.75 Å². The minimum absolute atomic E-state index is 0.308. The second-order valence-corrected chi connectivity index (χ2v) is 2.70. The van der Waals surface area contributed by atoms with Gasteiger partial charge < -0.3 is 5.11 Å². The molecular formula is C10H12O. The summed E-state index contributed by atoms with van der Waals surface area (Å²) in [6, 6.07) is 3.68. The molecule has 58 valence electrons. The topological polar surface area (TPSA) is 20.2 Å². The van der Waals surface area contributed by atoms with Crippen LogP contribution in [0.25, 0.3) is 6.08 Å². The second-order valence-electron chi connectivity index (χ2n) is 2.70. The Bertz CT molecular complexity index is 287. The van der Waals surface area contributed by atoms with Crippen LogP contribution in [0, 0.1) is 13.8 Å². The first kappa shape index (κ1) is 7.86. The lowest BCUT2D eigenvalue weighted by atomic mass is 10.1. The minimum Gasteiger partial charge on any atom is -0.507 e. The molecule has 1 nitrogen and oxygen atoms in total. The van der Waals surface area contributed by atoms with Crippen molar-refractivity contribution < 1.29 is 5.11 Å². The fourth-order valence-electron chi connectivity index (χ4n) is 0.987. The van der Waals surface area contributed by atoms with E-state index in [9.17, 15) is 5.11 Å². The molecule has 0 bridgehead atoms. The Morgan fingerprint density at radius 2 is 1.82 bits per heavy atom. The molecule has 0 saturated carbocycles. The molecule has 1 heteroatoms. The molecule has 0 heterocycles. The fraction of sp³-hybridized carbons (Fsp3) is 0.200. The van der Waals surface area contributed by atoms with E-state index in [1.807, 2.05) is 19.9 Å². The normalized spacial score (nSPS) is 9.64. The van der Waals surface area contributed by atoms with Crippen LogP contribution in [0.1, 0.15) is 16.7 Å². The third-order valence-corrected chi connectivity index (χ3v) is 1.86. The van der Waals surface area contributed by atoms with Crippen LogP contribution in [0.5, 0.6) is 5.75 Å². The summed E-state index contributed by atoms with van der Waals surface area (Å²) in [4.78, 5) is 0. The molecule has 0 aliphatic heterocycles. The summed E-state index contributed by atoms with van der Waals surface area (Å²) in [7, 11) is 0. The van der Waals surface area contributed by atoms with Crippen molar-refractivity contribution in [2.75, 3.05) is 0 Å². The first-order chi connectivity index (χ1) is 5.15. The maximum atomic E-state index is 9.34. The summed E-state index contributed by atoms with van der Waals surface area (Å²) in [5.41, 5.74) is 3.08. The van der Waals surface area contributed by atoms with Crippen molar-refractivity contribution in [3.63, 3.8) is 0 Å². The SMILES string of the molecule is C=Cc1cc(C)c(C)cc1O. The summed E-state index contributed by atoms with van der Waals surface area (Å²) in [5, 5.41) is 9.34. The van der Waals surface area contributed by atoms with Gasteiger partial charge in [-0.1, -0.05) is 12.7 Å². The summed E-state index contributed by atoms with van der Waals surface area (Å²) in [6.45, 7) is 7.59. The van der Waals surface area contributed by atoms with Crippen LogP contribution in [0.15, 0.2) is 18.7 Å². The average molecular weight is 148 g/mol. The molecule has 1 aromatic rings. The lowest BCUT2D eigenvalue weighted by Gasteiger charge is -2.03. The van der Waals surface area contributed by atoms with Gasteiger partial charge in [0.15, 0.2) is 0 Å². The molecule has 0 aromatic heterocycles. The Morgan fingerprint density at radius 1 is 1.27 bits per heavy atom. The first-order valence-electron chi connectivity index (χ1n) is 3.58. The number of hydrogen-bond acceptors (Lipinski definition) is 1. The van der Waals surface area contributed by atoms with Crippen molar-refractivity contribution >= 4 is 6.08 Å². The third-order valence-electron chi connectivity index (χ3n) is 1.86. The van der Waals surface area contributed by atoms with Crippen LogP contribution in [-0.4, -0.2) is 5.11 Å². The Labute approximate surface area is 67.0 Å². The van der Waals surface area contributed by atoms with Gasteiger partial charge in [-0.2, -0.15) is 0 Å². The molecule has 0 saturated heterocycles. The largest absolute Gasteiger partial charge is 0.507 e. The van der Waals surface area contributed by atoms with Crippen molar-refractivity contribution in [3.8, 4) is 5.75 Å². The number of hydrogen-bond donors (Lipinski definition) is 1. The monoisotopic (exact) mass is 148 g/mol. The van der Waals surface area contributed by atoms with Gasteiger partial charge in [0, 0.05) is 5.56 Å². The second kappa shape index (κ2) is 2.79. The molecule has 1 N–H and O–H groups in total. The number of aryl methyl sites for hydroxylation is 2. The number of phenols is 1. The molecule has 0 fully saturated rings. The molecular weight excluding hydrogens is 136 g/mol. The van der Waals surface area contributed by atoms with Gasteiger partial charge in [0.1, 0.15) is 5.75 Å². The van der Waals surface area contributed by atoms with Crippen LogP contribution in [0.4, 0.5) is 0 Å². The van der Waals surface area contributed by atoms with Gasteiger partial charge in [-0.05, 0) is 37.1 Å². The van der Waals surface area contributed by atoms with Gasteiger partial charge in [-0.3, -0.25) is 0 Å². The first-order valence-corrected chi connectivity index (χ1v) is 3.58.